The molecule has 1 heterocycles. The molecule has 0 aromatic carbocycles. The summed E-state index contributed by atoms with van der Waals surface area (Å²) in [4.78, 5) is 0. The van der Waals surface area contributed by atoms with Crippen molar-refractivity contribution in [2.24, 2.45) is 5.73 Å². The summed E-state index contributed by atoms with van der Waals surface area (Å²) in [6.07, 6.45) is 9.73. The second-order valence-corrected chi connectivity index (χ2v) is 5.46. The van der Waals surface area contributed by atoms with Gasteiger partial charge < -0.3 is 5.73 Å². The largest absolute Gasteiger partial charge is 0.327 e. The maximum atomic E-state index is 6.25. The van der Waals surface area contributed by atoms with Crippen molar-refractivity contribution in [2.75, 3.05) is 0 Å². The summed E-state index contributed by atoms with van der Waals surface area (Å²) in [7, 11) is 0. The summed E-state index contributed by atoms with van der Waals surface area (Å²) in [5.41, 5.74) is 8.75. The summed E-state index contributed by atoms with van der Waals surface area (Å²) in [5, 5.41) is 4.58. The second-order valence-electron chi connectivity index (χ2n) is 5.46. The average Bonchev–Trinajstić information content (AvgIpc) is 2.80. The minimum atomic E-state index is 0.285. The van der Waals surface area contributed by atoms with Crippen LogP contribution in [0.1, 0.15) is 70.7 Å². The van der Waals surface area contributed by atoms with E-state index in [2.05, 4.69) is 36.6 Å². The molecule has 0 saturated heterocycles. The molecule has 0 bridgehead atoms. The van der Waals surface area contributed by atoms with Crippen molar-refractivity contribution >= 4 is 0 Å². The molecule has 1 atom stereocenters. The highest BCUT2D eigenvalue weighted by molar-refractivity contribution is 5.11. The molecule has 0 radical (unpaired) electrons. The zero-order valence-corrected chi connectivity index (χ0v) is 13.0. The van der Waals surface area contributed by atoms with Crippen LogP contribution in [-0.2, 0) is 19.4 Å². The third-order valence-corrected chi connectivity index (χ3v) is 3.73. The molecule has 110 valence electrons. The SMILES string of the molecule is CCCCCCCC(N)Cc1cc(CC)nn1CC. The minimum Gasteiger partial charge on any atom is -0.327 e. The van der Waals surface area contributed by atoms with Crippen molar-refractivity contribution in [1.82, 2.24) is 9.78 Å². The number of hydrogen-bond donors (Lipinski definition) is 1. The van der Waals surface area contributed by atoms with E-state index in [1.54, 1.807) is 0 Å². The standard InChI is InChI=1S/C16H31N3/c1-4-7-8-9-10-11-14(17)12-16-13-15(5-2)18-19(16)6-3/h13-14H,4-12,17H2,1-3H3. The summed E-state index contributed by atoms with van der Waals surface area (Å²) < 4.78 is 2.11. The predicted molar refractivity (Wildman–Crippen MR) is 82.3 cm³/mol. The number of hydrogen-bond acceptors (Lipinski definition) is 2. The molecule has 0 aliphatic heterocycles. The molecule has 3 nitrogen and oxygen atoms in total. The van der Waals surface area contributed by atoms with Gasteiger partial charge in [0.1, 0.15) is 0 Å². The number of rotatable bonds is 10. The highest BCUT2D eigenvalue weighted by atomic mass is 15.3. The quantitative estimate of drug-likeness (QED) is 0.656. The first-order valence-electron chi connectivity index (χ1n) is 8.02. The van der Waals surface area contributed by atoms with Crippen LogP contribution < -0.4 is 5.73 Å². The van der Waals surface area contributed by atoms with Gasteiger partial charge in [0, 0.05) is 24.7 Å². The molecular formula is C16H31N3. The fraction of sp³-hybridized carbons (Fsp3) is 0.812. The Balaban J connectivity index is 2.34. The van der Waals surface area contributed by atoms with Crippen LogP contribution in [0, 0.1) is 0 Å². The van der Waals surface area contributed by atoms with Gasteiger partial charge >= 0.3 is 0 Å². The molecule has 0 saturated carbocycles. The van der Waals surface area contributed by atoms with E-state index in [9.17, 15) is 0 Å². The lowest BCUT2D eigenvalue weighted by molar-refractivity contribution is 0.516. The topological polar surface area (TPSA) is 43.8 Å². The van der Waals surface area contributed by atoms with Crippen LogP contribution in [0.25, 0.3) is 0 Å². The van der Waals surface area contributed by atoms with Gasteiger partial charge in [-0.25, -0.2) is 0 Å². The summed E-state index contributed by atoms with van der Waals surface area (Å²) in [6.45, 7) is 7.49. The molecular weight excluding hydrogens is 234 g/mol. The third kappa shape index (κ3) is 5.77. The number of nitrogens with zero attached hydrogens (tertiary/aromatic N) is 2. The zero-order valence-electron chi connectivity index (χ0n) is 13.0. The molecule has 2 N–H and O–H groups in total. The number of nitrogens with two attached hydrogens (primary N) is 1. The molecule has 0 aliphatic carbocycles. The van der Waals surface area contributed by atoms with Gasteiger partial charge in [-0.15, -0.1) is 0 Å². The Morgan fingerprint density at radius 1 is 1.16 bits per heavy atom. The Hall–Kier alpha value is -0.830. The van der Waals surface area contributed by atoms with Crippen LogP contribution in [0.3, 0.4) is 0 Å². The Morgan fingerprint density at radius 3 is 2.53 bits per heavy atom. The van der Waals surface area contributed by atoms with Crippen LogP contribution in [0.5, 0.6) is 0 Å². The van der Waals surface area contributed by atoms with Crippen molar-refractivity contribution in [2.45, 2.75) is 84.7 Å². The van der Waals surface area contributed by atoms with Crippen molar-refractivity contribution in [1.29, 1.82) is 0 Å². The Kier molecular flexibility index (Phi) is 7.80. The molecule has 1 rings (SSSR count). The molecule has 1 unspecified atom stereocenters. The molecule has 3 heteroatoms. The van der Waals surface area contributed by atoms with E-state index in [0.717, 1.165) is 25.8 Å². The Morgan fingerprint density at radius 2 is 1.89 bits per heavy atom. The lowest BCUT2D eigenvalue weighted by Gasteiger charge is -2.12. The lowest BCUT2D eigenvalue weighted by Crippen LogP contribution is -2.24. The Bertz CT molecular complexity index is 344. The summed E-state index contributed by atoms with van der Waals surface area (Å²) in [5.74, 6) is 0. The molecule has 0 amide bonds. The highest BCUT2D eigenvalue weighted by Gasteiger charge is 2.10. The van der Waals surface area contributed by atoms with Gasteiger partial charge in [-0.3, -0.25) is 4.68 Å². The molecule has 0 aliphatic rings. The normalized spacial score (nSPS) is 12.8. The van der Waals surface area contributed by atoms with Crippen LogP contribution in [-0.4, -0.2) is 15.8 Å². The van der Waals surface area contributed by atoms with Gasteiger partial charge in [-0.2, -0.15) is 5.10 Å². The summed E-state index contributed by atoms with van der Waals surface area (Å²) in [6, 6.07) is 2.51. The first kappa shape index (κ1) is 16.2. The van der Waals surface area contributed by atoms with Gasteiger partial charge in [0.2, 0.25) is 0 Å². The third-order valence-electron chi connectivity index (χ3n) is 3.73. The van der Waals surface area contributed by atoms with E-state index in [4.69, 9.17) is 5.73 Å². The molecule has 19 heavy (non-hydrogen) atoms. The van der Waals surface area contributed by atoms with Gasteiger partial charge in [-0.1, -0.05) is 46.0 Å². The monoisotopic (exact) mass is 265 g/mol. The molecule has 1 aromatic heterocycles. The number of aryl methyl sites for hydroxylation is 2. The van der Waals surface area contributed by atoms with Crippen molar-refractivity contribution < 1.29 is 0 Å². The first-order chi connectivity index (χ1) is 9.21. The minimum absolute atomic E-state index is 0.285. The van der Waals surface area contributed by atoms with Crippen LogP contribution in [0.2, 0.25) is 0 Å². The molecule has 0 fully saturated rings. The van der Waals surface area contributed by atoms with Gasteiger partial charge in [-0.05, 0) is 25.8 Å². The fourth-order valence-electron chi connectivity index (χ4n) is 2.51. The van der Waals surface area contributed by atoms with Gasteiger partial charge in [0.15, 0.2) is 0 Å². The van der Waals surface area contributed by atoms with Crippen molar-refractivity contribution in [3.63, 3.8) is 0 Å². The zero-order chi connectivity index (χ0) is 14.1. The van der Waals surface area contributed by atoms with Crippen LogP contribution in [0.15, 0.2) is 6.07 Å². The van der Waals surface area contributed by atoms with E-state index in [-0.39, 0.29) is 6.04 Å². The maximum absolute atomic E-state index is 6.25. The van der Waals surface area contributed by atoms with E-state index < -0.39 is 0 Å². The van der Waals surface area contributed by atoms with E-state index >= 15 is 0 Å². The highest BCUT2D eigenvalue weighted by Crippen LogP contribution is 2.12. The molecule has 0 spiro atoms. The summed E-state index contributed by atoms with van der Waals surface area (Å²) >= 11 is 0. The first-order valence-corrected chi connectivity index (χ1v) is 8.02. The maximum Gasteiger partial charge on any atom is 0.0624 e. The predicted octanol–water partition coefficient (Wildman–Crippen LogP) is 3.70. The molecule has 1 aromatic rings. The van der Waals surface area contributed by atoms with Gasteiger partial charge in [0.05, 0.1) is 5.69 Å². The van der Waals surface area contributed by atoms with Gasteiger partial charge in [0.25, 0.3) is 0 Å². The second kappa shape index (κ2) is 9.13. The number of unbranched alkanes of at least 4 members (excludes halogenated alkanes) is 4. The number of aromatic nitrogens is 2. The van der Waals surface area contributed by atoms with Crippen molar-refractivity contribution in [3.8, 4) is 0 Å². The van der Waals surface area contributed by atoms with Crippen molar-refractivity contribution in [3.05, 3.63) is 17.5 Å². The fourth-order valence-corrected chi connectivity index (χ4v) is 2.51. The van der Waals surface area contributed by atoms with Crippen LogP contribution >= 0.6 is 0 Å². The van der Waals surface area contributed by atoms with E-state index in [0.29, 0.717) is 0 Å². The van der Waals surface area contributed by atoms with Crippen LogP contribution in [0.4, 0.5) is 0 Å². The average molecular weight is 265 g/mol. The smallest absolute Gasteiger partial charge is 0.0624 e. The van der Waals surface area contributed by atoms with E-state index in [1.807, 2.05) is 0 Å². The van der Waals surface area contributed by atoms with E-state index in [1.165, 1.54) is 43.5 Å². The lowest BCUT2D eigenvalue weighted by atomic mass is 10.0. The Labute approximate surface area is 118 Å².